The molecule has 0 fully saturated rings. The Morgan fingerprint density at radius 2 is 1.88 bits per heavy atom. The molecule has 0 heterocycles. The summed E-state index contributed by atoms with van der Waals surface area (Å²) in [6, 6.07) is 2.26. The van der Waals surface area contributed by atoms with Crippen LogP contribution < -0.4 is 11.5 Å². The van der Waals surface area contributed by atoms with Crippen LogP contribution in [0.5, 0.6) is 0 Å². The Morgan fingerprint density at radius 3 is 2.35 bits per heavy atom. The SMILES string of the molecule is NCCC[C@H](N)c1ccc(C(F)(F)F)c(F)c1. The second-order valence-electron chi connectivity index (χ2n) is 3.77. The first-order valence-electron chi connectivity index (χ1n) is 5.18. The molecule has 0 aliphatic heterocycles. The lowest BCUT2D eigenvalue weighted by atomic mass is 10.0. The second kappa shape index (κ2) is 5.46. The highest BCUT2D eigenvalue weighted by Gasteiger charge is 2.34. The van der Waals surface area contributed by atoms with Crippen molar-refractivity contribution in [2.75, 3.05) is 6.54 Å². The Labute approximate surface area is 96.6 Å². The molecule has 2 nitrogen and oxygen atoms in total. The van der Waals surface area contributed by atoms with E-state index in [1.807, 2.05) is 0 Å². The number of benzene rings is 1. The van der Waals surface area contributed by atoms with Gasteiger partial charge in [0.2, 0.25) is 0 Å². The number of alkyl halides is 3. The molecule has 0 amide bonds. The molecule has 0 bridgehead atoms. The molecule has 4 N–H and O–H groups in total. The molecule has 1 atom stereocenters. The summed E-state index contributed by atoms with van der Waals surface area (Å²) in [7, 11) is 0. The van der Waals surface area contributed by atoms with Gasteiger partial charge in [-0.05, 0) is 37.1 Å². The third-order valence-corrected chi connectivity index (χ3v) is 2.45. The van der Waals surface area contributed by atoms with E-state index in [4.69, 9.17) is 11.5 Å². The summed E-state index contributed by atoms with van der Waals surface area (Å²) in [5.41, 5.74) is 10.1. The molecule has 0 aromatic heterocycles. The molecule has 1 aromatic carbocycles. The topological polar surface area (TPSA) is 52.0 Å². The number of hydrogen-bond acceptors (Lipinski definition) is 2. The van der Waals surface area contributed by atoms with E-state index in [9.17, 15) is 17.6 Å². The molecule has 6 heteroatoms. The highest BCUT2D eigenvalue weighted by atomic mass is 19.4. The molecule has 1 aromatic rings. The van der Waals surface area contributed by atoms with Crippen LogP contribution in [-0.4, -0.2) is 6.54 Å². The van der Waals surface area contributed by atoms with Crippen LogP contribution >= 0.6 is 0 Å². The quantitative estimate of drug-likeness (QED) is 0.807. The predicted molar refractivity (Wildman–Crippen MR) is 56.6 cm³/mol. The van der Waals surface area contributed by atoms with Crippen molar-refractivity contribution in [2.24, 2.45) is 11.5 Å². The Balaban J connectivity index is 2.89. The van der Waals surface area contributed by atoms with Crippen molar-refractivity contribution in [1.29, 1.82) is 0 Å². The Hall–Kier alpha value is -1.14. The van der Waals surface area contributed by atoms with Gasteiger partial charge >= 0.3 is 6.18 Å². The van der Waals surface area contributed by atoms with Crippen molar-refractivity contribution in [3.63, 3.8) is 0 Å². The van der Waals surface area contributed by atoms with Gasteiger partial charge in [-0.3, -0.25) is 0 Å². The second-order valence-corrected chi connectivity index (χ2v) is 3.77. The minimum Gasteiger partial charge on any atom is -0.330 e. The van der Waals surface area contributed by atoms with Crippen LogP contribution in [0.4, 0.5) is 17.6 Å². The van der Waals surface area contributed by atoms with Crippen molar-refractivity contribution >= 4 is 0 Å². The summed E-state index contributed by atoms with van der Waals surface area (Å²) in [6.07, 6.45) is -3.52. The van der Waals surface area contributed by atoms with Crippen LogP contribution in [0, 0.1) is 5.82 Å². The van der Waals surface area contributed by atoms with Crippen molar-refractivity contribution in [3.8, 4) is 0 Å². The van der Waals surface area contributed by atoms with Crippen LogP contribution in [0.1, 0.15) is 30.0 Å². The third kappa shape index (κ3) is 3.67. The molecular formula is C11H14F4N2. The maximum absolute atomic E-state index is 13.2. The number of hydrogen-bond donors (Lipinski definition) is 2. The zero-order valence-electron chi connectivity index (χ0n) is 9.10. The van der Waals surface area contributed by atoms with E-state index >= 15 is 0 Å². The Bertz CT molecular complexity index is 376. The molecule has 1 rings (SSSR count). The van der Waals surface area contributed by atoms with Gasteiger partial charge in [-0.15, -0.1) is 0 Å². The number of rotatable bonds is 4. The number of nitrogens with two attached hydrogens (primary N) is 2. The summed E-state index contributed by atoms with van der Waals surface area (Å²) in [4.78, 5) is 0. The summed E-state index contributed by atoms with van der Waals surface area (Å²) in [5.74, 6) is -1.29. The van der Waals surface area contributed by atoms with Crippen LogP contribution in [0.3, 0.4) is 0 Å². The molecule has 0 aliphatic rings. The minimum absolute atomic E-state index is 0.351. The van der Waals surface area contributed by atoms with Gasteiger partial charge in [-0.1, -0.05) is 6.07 Å². The van der Waals surface area contributed by atoms with E-state index < -0.39 is 23.6 Å². The highest BCUT2D eigenvalue weighted by molar-refractivity contribution is 5.28. The van der Waals surface area contributed by atoms with Crippen LogP contribution in [0.15, 0.2) is 18.2 Å². The van der Waals surface area contributed by atoms with Gasteiger partial charge in [0.25, 0.3) is 0 Å². The molecule has 0 saturated carbocycles. The van der Waals surface area contributed by atoms with Crippen molar-refractivity contribution < 1.29 is 17.6 Å². The predicted octanol–water partition coefficient (Wildman–Crippen LogP) is 2.58. The third-order valence-electron chi connectivity index (χ3n) is 2.45. The molecule has 0 radical (unpaired) electrons. The lowest BCUT2D eigenvalue weighted by Crippen LogP contribution is -2.14. The van der Waals surface area contributed by atoms with Gasteiger partial charge in [-0.2, -0.15) is 13.2 Å². The summed E-state index contributed by atoms with van der Waals surface area (Å²) >= 11 is 0. The first-order chi connectivity index (χ1) is 7.86. The zero-order valence-corrected chi connectivity index (χ0v) is 9.10. The van der Waals surface area contributed by atoms with Crippen molar-refractivity contribution in [3.05, 3.63) is 35.1 Å². The summed E-state index contributed by atoms with van der Waals surface area (Å²) in [5, 5.41) is 0. The molecule has 0 saturated heterocycles. The lowest BCUT2D eigenvalue weighted by molar-refractivity contribution is -0.140. The molecule has 96 valence electrons. The lowest BCUT2D eigenvalue weighted by Gasteiger charge is -2.14. The molecule has 0 aliphatic carbocycles. The first-order valence-corrected chi connectivity index (χ1v) is 5.18. The largest absolute Gasteiger partial charge is 0.419 e. The summed E-state index contributed by atoms with van der Waals surface area (Å²) in [6.45, 7) is 0.441. The highest BCUT2D eigenvalue weighted by Crippen LogP contribution is 2.32. The maximum atomic E-state index is 13.2. The van der Waals surface area contributed by atoms with Gasteiger partial charge in [-0.25, -0.2) is 4.39 Å². The first kappa shape index (κ1) is 13.9. The van der Waals surface area contributed by atoms with Crippen molar-refractivity contribution in [1.82, 2.24) is 0 Å². The van der Waals surface area contributed by atoms with E-state index in [0.29, 0.717) is 31.0 Å². The van der Waals surface area contributed by atoms with Crippen LogP contribution in [0.25, 0.3) is 0 Å². The fourth-order valence-electron chi connectivity index (χ4n) is 1.50. The van der Waals surface area contributed by atoms with Gasteiger partial charge in [0.05, 0.1) is 5.56 Å². The zero-order chi connectivity index (χ0) is 13.1. The van der Waals surface area contributed by atoms with Crippen LogP contribution in [-0.2, 0) is 6.18 Å². The Kier molecular flexibility index (Phi) is 4.47. The van der Waals surface area contributed by atoms with Crippen molar-refractivity contribution in [2.45, 2.75) is 25.1 Å². The van der Waals surface area contributed by atoms with Gasteiger partial charge in [0, 0.05) is 6.04 Å². The number of halogens is 4. The monoisotopic (exact) mass is 250 g/mol. The van der Waals surface area contributed by atoms with E-state index in [-0.39, 0.29) is 0 Å². The van der Waals surface area contributed by atoms with Crippen LogP contribution in [0.2, 0.25) is 0 Å². The minimum atomic E-state index is -4.68. The van der Waals surface area contributed by atoms with E-state index in [1.54, 1.807) is 0 Å². The van der Waals surface area contributed by atoms with Gasteiger partial charge in [0.15, 0.2) is 0 Å². The summed E-state index contributed by atoms with van der Waals surface area (Å²) < 4.78 is 50.1. The molecular weight excluding hydrogens is 236 g/mol. The maximum Gasteiger partial charge on any atom is 0.419 e. The fourth-order valence-corrected chi connectivity index (χ4v) is 1.50. The van der Waals surface area contributed by atoms with Gasteiger partial charge < -0.3 is 11.5 Å². The molecule has 17 heavy (non-hydrogen) atoms. The normalized spacial score (nSPS) is 13.8. The van der Waals surface area contributed by atoms with Gasteiger partial charge in [0.1, 0.15) is 5.82 Å². The standard InChI is InChI=1S/C11H14F4N2/c12-9-6-7(10(17)2-1-5-16)3-4-8(9)11(13,14)15/h3-4,6,10H,1-2,5,16-17H2/t10-/m0/s1. The molecule has 0 spiro atoms. The fraction of sp³-hybridized carbons (Fsp3) is 0.455. The Morgan fingerprint density at radius 1 is 1.24 bits per heavy atom. The average molecular weight is 250 g/mol. The van der Waals surface area contributed by atoms with E-state index in [2.05, 4.69) is 0 Å². The van der Waals surface area contributed by atoms with E-state index in [0.717, 1.165) is 6.07 Å². The average Bonchev–Trinajstić information content (AvgIpc) is 2.23. The van der Waals surface area contributed by atoms with E-state index in [1.165, 1.54) is 6.07 Å². The smallest absolute Gasteiger partial charge is 0.330 e. The molecule has 0 unspecified atom stereocenters.